The zero-order chi connectivity index (χ0) is 20.9. The number of aliphatic hydroxyl groups is 1. The zero-order valence-electron chi connectivity index (χ0n) is 17.8. The van der Waals surface area contributed by atoms with Crippen molar-refractivity contribution in [3.05, 3.63) is 69.8 Å². The molecule has 3 rings (SSSR count). The molecule has 0 saturated carbocycles. The minimum absolute atomic E-state index is 0.00465. The number of fused-ring (bicyclic) bond motifs is 1. The maximum Gasteiger partial charge on any atom is 0.199 e. The monoisotopic (exact) mass is 375 g/mol. The normalized spacial score (nSPS) is 14.9. The molecule has 0 aliphatic heterocycles. The third-order valence-corrected chi connectivity index (χ3v) is 5.31. The Labute approximate surface area is 167 Å². The van der Waals surface area contributed by atoms with Crippen molar-refractivity contribution in [3.63, 3.8) is 0 Å². The molecular weight excluding hydrogens is 346 g/mol. The van der Waals surface area contributed by atoms with E-state index in [1.54, 1.807) is 18.2 Å². The van der Waals surface area contributed by atoms with Crippen molar-refractivity contribution < 1.29 is 9.90 Å². The molecule has 0 aromatic heterocycles. The first-order valence-corrected chi connectivity index (χ1v) is 9.68. The number of nitrogens with zero attached hydrogens (tertiary/aromatic N) is 1. The average molecular weight is 376 g/mol. The summed E-state index contributed by atoms with van der Waals surface area (Å²) in [5, 5.41) is 10.5. The van der Waals surface area contributed by atoms with E-state index in [0.29, 0.717) is 11.1 Å². The van der Waals surface area contributed by atoms with Crippen LogP contribution >= 0.6 is 0 Å². The lowest BCUT2D eigenvalue weighted by Gasteiger charge is -2.27. The van der Waals surface area contributed by atoms with Gasteiger partial charge in [-0.05, 0) is 40.5 Å². The lowest BCUT2D eigenvalue weighted by Crippen LogP contribution is -2.17. The SMILES string of the molecule is Cc1c(N=CC2=C(O)c3ccccc3C2=O)cc(C(C)(C)C)cc1C(C)(C)C. The molecule has 28 heavy (non-hydrogen) atoms. The van der Waals surface area contributed by atoms with E-state index < -0.39 is 0 Å². The van der Waals surface area contributed by atoms with Gasteiger partial charge in [-0.2, -0.15) is 0 Å². The van der Waals surface area contributed by atoms with E-state index in [9.17, 15) is 9.90 Å². The molecule has 0 heterocycles. The highest BCUT2D eigenvalue weighted by Gasteiger charge is 2.28. The average Bonchev–Trinajstić information content (AvgIpc) is 2.83. The number of benzene rings is 2. The van der Waals surface area contributed by atoms with Crippen LogP contribution in [0.2, 0.25) is 0 Å². The highest BCUT2D eigenvalue weighted by atomic mass is 16.3. The van der Waals surface area contributed by atoms with E-state index >= 15 is 0 Å². The molecule has 0 fully saturated rings. The van der Waals surface area contributed by atoms with Crippen LogP contribution in [0.4, 0.5) is 5.69 Å². The molecule has 3 nitrogen and oxygen atoms in total. The van der Waals surface area contributed by atoms with Crippen molar-refractivity contribution >= 4 is 23.4 Å². The standard InChI is InChI=1S/C25H29NO2/c1-15-20(25(5,6)7)12-16(24(2,3)4)13-21(15)26-14-19-22(27)17-10-8-9-11-18(17)23(19)28/h8-14,27H,1-7H3. The van der Waals surface area contributed by atoms with Gasteiger partial charge in [-0.3, -0.25) is 9.79 Å². The summed E-state index contributed by atoms with van der Waals surface area (Å²) in [7, 11) is 0. The fourth-order valence-corrected chi connectivity index (χ4v) is 3.58. The van der Waals surface area contributed by atoms with Crippen LogP contribution in [0.15, 0.2) is 47.0 Å². The van der Waals surface area contributed by atoms with Crippen LogP contribution in [0, 0.1) is 6.92 Å². The van der Waals surface area contributed by atoms with Crippen molar-refractivity contribution in [3.8, 4) is 0 Å². The van der Waals surface area contributed by atoms with E-state index in [1.807, 2.05) is 6.07 Å². The molecule has 0 radical (unpaired) electrons. The van der Waals surface area contributed by atoms with Crippen molar-refractivity contribution in [2.45, 2.75) is 59.3 Å². The van der Waals surface area contributed by atoms with E-state index in [-0.39, 0.29) is 27.9 Å². The summed E-state index contributed by atoms with van der Waals surface area (Å²) in [5.74, 6) is -0.178. The molecule has 146 valence electrons. The third-order valence-electron chi connectivity index (χ3n) is 5.31. The molecule has 0 spiro atoms. The van der Waals surface area contributed by atoms with Gasteiger partial charge in [0.1, 0.15) is 5.76 Å². The summed E-state index contributed by atoms with van der Waals surface area (Å²) in [6, 6.07) is 11.5. The van der Waals surface area contributed by atoms with Gasteiger partial charge in [-0.15, -0.1) is 0 Å². The Morgan fingerprint density at radius 2 is 1.54 bits per heavy atom. The Hall–Kier alpha value is -2.68. The van der Waals surface area contributed by atoms with Gasteiger partial charge >= 0.3 is 0 Å². The molecular formula is C25H29NO2. The smallest absolute Gasteiger partial charge is 0.199 e. The lowest BCUT2D eigenvalue weighted by molar-refractivity contribution is 0.104. The molecule has 0 atom stereocenters. The van der Waals surface area contributed by atoms with Gasteiger partial charge in [-0.25, -0.2) is 0 Å². The molecule has 1 aliphatic carbocycles. The lowest BCUT2D eigenvalue weighted by atomic mass is 9.78. The van der Waals surface area contributed by atoms with Crippen molar-refractivity contribution in [2.24, 2.45) is 4.99 Å². The summed E-state index contributed by atoms with van der Waals surface area (Å²) in [4.78, 5) is 17.3. The predicted molar refractivity (Wildman–Crippen MR) is 117 cm³/mol. The molecule has 0 amide bonds. The number of carbonyl (C=O) groups excluding carboxylic acids is 1. The van der Waals surface area contributed by atoms with Crippen LogP contribution in [-0.4, -0.2) is 17.1 Å². The summed E-state index contributed by atoms with van der Waals surface area (Å²) in [6.07, 6.45) is 1.51. The molecule has 3 heteroatoms. The number of aliphatic hydroxyl groups excluding tert-OH is 1. The number of allylic oxidation sites excluding steroid dienone is 1. The summed E-state index contributed by atoms with van der Waals surface area (Å²) in [5.41, 5.74) is 5.69. The van der Waals surface area contributed by atoms with E-state index in [1.165, 1.54) is 17.3 Å². The van der Waals surface area contributed by atoms with Crippen molar-refractivity contribution in [1.82, 2.24) is 0 Å². The number of aliphatic imine (C=N–C) groups is 1. The van der Waals surface area contributed by atoms with Gasteiger partial charge in [-0.1, -0.05) is 71.9 Å². The quantitative estimate of drug-likeness (QED) is 0.613. The minimum atomic E-state index is -0.183. The number of hydrogen-bond acceptors (Lipinski definition) is 3. The predicted octanol–water partition coefficient (Wildman–Crippen LogP) is 6.46. The number of rotatable bonds is 2. The maximum atomic E-state index is 12.7. The Kier molecular flexibility index (Phi) is 4.82. The van der Waals surface area contributed by atoms with Gasteiger partial charge < -0.3 is 5.11 Å². The summed E-state index contributed by atoms with van der Waals surface area (Å²) in [6.45, 7) is 15.2. The van der Waals surface area contributed by atoms with Crippen molar-refractivity contribution in [1.29, 1.82) is 0 Å². The van der Waals surface area contributed by atoms with Gasteiger partial charge in [0.15, 0.2) is 5.78 Å². The molecule has 0 bridgehead atoms. The fraction of sp³-hybridized carbons (Fsp3) is 0.360. The highest BCUT2D eigenvalue weighted by molar-refractivity contribution is 6.30. The molecule has 2 aromatic carbocycles. The van der Waals surface area contributed by atoms with Gasteiger partial charge in [0.2, 0.25) is 0 Å². The van der Waals surface area contributed by atoms with Crippen LogP contribution in [0.5, 0.6) is 0 Å². The van der Waals surface area contributed by atoms with E-state index in [2.05, 4.69) is 65.6 Å². The first-order valence-electron chi connectivity index (χ1n) is 9.68. The zero-order valence-corrected chi connectivity index (χ0v) is 17.8. The topological polar surface area (TPSA) is 49.7 Å². The largest absolute Gasteiger partial charge is 0.506 e. The van der Waals surface area contributed by atoms with Crippen LogP contribution in [-0.2, 0) is 10.8 Å². The Morgan fingerprint density at radius 1 is 0.929 bits per heavy atom. The molecule has 1 aliphatic rings. The van der Waals surface area contributed by atoms with Crippen LogP contribution in [0.1, 0.15) is 74.2 Å². The van der Waals surface area contributed by atoms with Gasteiger partial charge in [0, 0.05) is 17.3 Å². The minimum Gasteiger partial charge on any atom is -0.506 e. The number of Topliss-reactive ketones (excluding diaryl/α,β-unsaturated/α-hetero) is 1. The number of hydrogen-bond donors (Lipinski definition) is 1. The Balaban J connectivity index is 2.10. The number of ketones is 1. The highest BCUT2D eigenvalue weighted by Crippen LogP contribution is 2.37. The summed E-state index contributed by atoms with van der Waals surface area (Å²) >= 11 is 0. The van der Waals surface area contributed by atoms with Gasteiger partial charge in [0.05, 0.1) is 11.3 Å². The van der Waals surface area contributed by atoms with Crippen molar-refractivity contribution in [2.75, 3.05) is 0 Å². The fourth-order valence-electron chi connectivity index (χ4n) is 3.58. The Morgan fingerprint density at radius 3 is 2.07 bits per heavy atom. The third kappa shape index (κ3) is 3.54. The second kappa shape index (κ2) is 6.73. The first-order chi connectivity index (χ1) is 12.9. The molecule has 0 saturated heterocycles. The maximum absolute atomic E-state index is 12.7. The molecule has 0 unspecified atom stereocenters. The molecule has 2 aromatic rings. The van der Waals surface area contributed by atoms with E-state index in [4.69, 9.17) is 0 Å². The Bertz CT molecular complexity index is 1010. The summed E-state index contributed by atoms with van der Waals surface area (Å²) < 4.78 is 0. The van der Waals surface area contributed by atoms with Crippen LogP contribution < -0.4 is 0 Å². The van der Waals surface area contributed by atoms with Crippen LogP contribution in [0.25, 0.3) is 5.76 Å². The second-order valence-electron chi connectivity index (χ2n) is 9.56. The second-order valence-corrected chi connectivity index (χ2v) is 9.56. The number of carbonyl (C=O) groups is 1. The van der Waals surface area contributed by atoms with Crippen LogP contribution in [0.3, 0.4) is 0 Å². The van der Waals surface area contributed by atoms with Gasteiger partial charge in [0.25, 0.3) is 0 Å². The molecule has 1 N–H and O–H groups in total. The first kappa shape index (κ1) is 20.1. The van der Waals surface area contributed by atoms with E-state index in [0.717, 1.165) is 11.3 Å².